The average molecular weight is 386 g/mol. The van der Waals surface area contributed by atoms with Crippen molar-refractivity contribution < 1.29 is 4.42 Å². The monoisotopic (exact) mass is 386 g/mol. The maximum atomic E-state index is 5.68. The third kappa shape index (κ3) is 2.60. The molecule has 3 aromatic carbocycles. The van der Waals surface area contributed by atoms with Crippen LogP contribution < -0.4 is 0 Å². The van der Waals surface area contributed by atoms with Gasteiger partial charge in [-0.2, -0.15) is 0 Å². The van der Waals surface area contributed by atoms with Crippen molar-refractivity contribution in [3.63, 3.8) is 0 Å². The zero-order valence-electron chi connectivity index (χ0n) is 16.5. The van der Waals surface area contributed by atoms with Crippen molar-refractivity contribution in [2.45, 2.75) is 6.92 Å². The zero-order valence-corrected chi connectivity index (χ0v) is 16.5. The number of hydrogen-bond donors (Lipinski definition) is 0. The molecule has 142 valence electrons. The smallest absolute Gasteiger partial charge is 0.160 e. The van der Waals surface area contributed by atoms with Gasteiger partial charge in [-0.15, -0.1) is 0 Å². The number of rotatable bonds is 2. The summed E-state index contributed by atoms with van der Waals surface area (Å²) in [5, 5.41) is 4.61. The largest absolute Gasteiger partial charge is 0.462 e. The minimum Gasteiger partial charge on any atom is -0.462 e. The normalized spacial score (nSPS) is 11.5. The van der Waals surface area contributed by atoms with Crippen molar-refractivity contribution in [1.29, 1.82) is 0 Å². The summed E-state index contributed by atoms with van der Waals surface area (Å²) in [5.74, 6) is 0. The summed E-state index contributed by atoms with van der Waals surface area (Å²) in [6.07, 6.45) is 5.39. The summed E-state index contributed by atoms with van der Waals surface area (Å²) in [6, 6.07) is 25.4. The molecule has 0 saturated carbocycles. The zero-order chi connectivity index (χ0) is 20.1. The van der Waals surface area contributed by atoms with E-state index in [2.05, 4.69) is 72.6 Å². The SMILES string of the molecule is Cc1cccc2cc(-c3ccnc(-c4cc5ccoc5c5ncccc45)c3)ccc12. The van der Waals surface area contributed by atoms with Gasteiger partial charge in [0.25, 0.3) is 0 Å². The van der Waals surface area contributed by atoms with Crippen LogP contribution in [0.1, 0.15) is 5.56 Å². The molecule has 0 unspecified atom stereocenters. The standard InChI is InChI=1S/C27H18N2O/c1-17-4-2-5-20-14-18(7-8-22(17)20)19-9-12-28-25(16-19)24-15-21-10-13-30-27(21)26-23(24)6-3-11-29-26/h2-16H,1H3. The Hall–Kier alpha value is -3.98. The predicted molar refractivity (Wildman–Crippen MR) is 122 cm³/mol. The maximum absolute atomic E-state index is 5.68. The summed E-state index contributed by atoms with van der Waals surface area (Å²) in [6.45, 7) is 2.15. The molecular weight excluding hydrogens is 368 g/mol. The minimum atomic E-state index is 0.815. The number of benzene rings is 3. The highest BCUT2D eigenvalue weighted by Gasteiger charge is 2.13. The van der Waals surface area contributed by atoms with Crippen molar-refractivity contribution in [3.8, 4) is 22.4 Å². The Kier molecular flexibility index (Phi) is 3.68. The van der Waals surface area contributed by atoms with E-state index < -0.39 is 0 Å². The van der Waals surface area contributed by atoms with Gasteiger partial charge in [0, 0.05) is 28.7 Å². The van der Waals surface area contributed by atoms with Crippen LogP contribution in [0.5, 0.6) is 0 Å². The molecule has 0 amide bonds. The van der Waals surface area contributed by atoms with Crippen LogP contribution in [0, 0.1) is 6.92 Å². The molecule has 0 radical (unpaired) electrons. The summed E-state index contributed by atoms with van der Waals surface area (Å²) in [5.41, 5.74) is 7.29. The first-order valence-corrected chi connectivity index (χ1v) is 9.99. The van der Waals surface area contributed by atoms with Gasteiger partial charge in [0.05, 0.1) is 12.0 Å². The van der Waals surface area contributed by atoms with Crippen LogP contribution in [0.15, 0.2) is 95.9 Å². The lowest BCUT2D eigenvalue weighted by Gasteiger charge is -2.10. The van der Waals surface area contributed by atoms with Gasteiger partial charge in [-0.05, 0) is 70.8 Å². The van der Waals surface area contributed by atoms with Crippen LogP contribution >= 0.6 is 0 Å². The molecule has 3 heterocycles. The second-order valence-electron chi connectivity index (χ2n) is 7.60. The molecule has 3 nitrogen and oxygen atoms in total. The van der Waals surface area contributed by atoms with Crippen molar-refractivity contribution in [3.05, 3.63) is 97.0 Å². The minimum absolute atomic E-state index is 0.815. The second-order valence-corrected chi connectivity index (χ2v) is 7.60. The Morgan fingerprint density at radius 3 is 2.60 bits per heavy atom. The van der Waals surface area contributed by atoms with Gasteiger partial charge < -0.3 is 4.42 Å². The van der Waals surface area contributed by atoms with Gasteiger partial charge in [-0.3, -0.25) is 9.97 Å². The molecule has 0 spiro atoms. The number of fused-ring (bicyclic) bond motifs is 4. The first kappa shape index (κ1) is 16.9. The summed E-state index contributed by atoms with van der Waals surface area (Å²) >= 11 is 0. The van der Waals surface area contributed by atoms with E-state index in [1.165, 1.54) is 21.9 Å². The lowest BCUT2D eigenvalue weighted by atomic mass is 9.97. The summed E-state index contributed by atoms with van der Waals surface area (Å²) in [4.78, 5) is 9.26. The van der Waals surface area contributed by atoms with Crippen LogP contribution in [0.4, 0.5) is 0 Å². The molecule has 0 aliphatic carbocycles. The molecule has 0 atom stereocenters. The van der Waals surface area contributed by atoms with Crippen molar-refractivity contribution in [1.82, 2.24) is 9.97 Å². The summed E-state index contributed by atoms with van der Waals surface area (Å²) in [7, 11) is 0. The van der Waals surface area contributed by atoms with Crippen molar-refractivity contribution in [2.75, 3.05) is 0 Å². The Morgan fingerprint density at radius 2 is 1.63 bits per heavy atom. The Morgan fingerprint density at radius 1 is 0.700 bits per heavy atom. The Bertz CT molecular complexity index is 1560. The van der Waals surface area contributed by atoms with E-state index in [1.54, 1.807) is 12.5 Å². The van der Waals surface area contributed by atoms with Gasteiger partial charge in [-0.1, -0.05) is 36.4 Å². The van der Waals surface area contributed by atoms with Crippen LogP contribution in [0.2, 0.25) is 0 Å². The van der Waals surface area contributed by atoms with E-state index in [-0.39, 0.29) is 0 Å². The highest BCUT2D eigenvalue weighted by atomic mass is 16.3. The highest BCUT2D eigenvalue weighted by molar-refractivity contribution is 6.09. The second kappa shape index (κ2) is 6.53. The fourth-order valence-electron chi connectivity index (χ4n) is 4.26. The molecule has 30 heavy (non-hydrogen) atoms. The molecule has 0 N–H and O–H groups in total. The van der Waals surface area contributed by atoms with Gasteiger partial charge in [-0.25, -0.2) is 0 Å². The number of aromatic nitrogens is 2. The third-order valence-corrected chi connectivity index (χ3v) is 5.78. The molecule has 3 heteroatoms. The first-order valence-electron chi connectivity index (χ1n) is 9.99. The van der Waals surface area contributed by atoms with Gasteiger partial charge >= 0.3 is 0 Å². The molecule has 0 bridgehead atoms. The molecule has 0 fully saturated rings. The van der Waals surface area contributed by atoms with Crippen LogP contribution in [-0.4, -0.2) is 9.97 Å². The molecule has 6 aromatic rings. The van der Waals surface area contributed by atoms with Crippen LogP contribution in [0.25, 0.3) is 55.0 Å². The molecular formula is C27H18N2O. The molecule has 6 rings (SSSR count). The van der Waals surface area contributed by atoms with E-state index in [4.69, 9.17) is 9.40 Å². The predicted octanol–water partition coefficient (Wildman–Crippen LogP) is 7.17. The Balaban J connectivity index is 1.55. The number of pyridine rings is 2. The van der Waals surface area contributed by atoms with Gasteiger partial charge in [0.1, 0.15) is 5.52 Å². The van der Waals surface area contributed by atoms with Gasteiger partial charge in [0.2, 0.25) is 0 Å². The molecule has 0 saturated heterocycles. The number of aryl methyl sites for hydroxylation is 1. The van der Waals surface area contributed by atoms with E-state index in [9.17, 15) is 0 Å². The molecule has 0 aliphatic heterocycles. The van der Waals surface area contributed by atoms with Crippen molar-refractivity contribution >= 4 is 32.6 Å². The van der Waals surface area contributed by atoms with Gasteiger partial charge in [0.15, 0.2) is 5.58 Å². The number of furan rings is 1. The maximum Gasteiger partial charge on any atom is 0.160 e. The third-order valence-electron chi connectivity index (χ3n) is 5.78. The van der Waals surface area contributed by atoms with E-state index in [1.807, 2.05) is 18.3 Å². The topological polar surface area (TPSA) is 38.9 Å². The van der Waals surface area contributed by atoms with E-state index in [0.29, 0.717) is 0 Å². The summed E-state index contributed by atoms with van der Waals surface area (Å²) < 4.78 is 5.68. The molecule has 3 aromatic heterocycles. The highest BCUT2D eigenvalue weighted by Crippen LogP contribution is 2.35. The fourth-order valence-corrected chi connectivity index (χ4v) is 4.26. The van der Waals surface area contributed by atoms with Crippen LogP contribution in [0.3, 0.4) is 0 Å². The lowest BCUT2D eigenvalue weighted by molar-refractivity contribution is 0.618. The lowest BCUT2D eigenvalue weighted by Crippen LogP contribution is -1.89. The van der Waals surface area contributed by atoms with E-state index >= 15 is 0 Å². The Labute approximate surface area is 173 Å². The molecule has 0 aliphatic rings. The fraction of sp³-hybridized carbons (Fsp3) is 0.0370. The average Bonchev–Trinajstić information content (AvgIpc) is 3.28. The van der Waals surface area contributed by atoms with Crippen LogP contribution in [-0.2, 0) is 0 Å². The quantitative estimate of drug-likeness (QED) is 0.317. The number of nitrogens with zero attached hydrogens (tertiary/aromatic N) is 2. The van der Waals surface area contributed by atoms with E-state index in [0.717, 1.165) is 38.7 Å². The first-order chi connectivity index (χ1) is 14.8. The van der Waals surface area contributed by atoms with Crippen molar-refractivity contribution in [2.24, 2.45) is 0 Å². The number of hydrogen-bond acceptors (Lipinski definition) is 3.